The Bertz CT molecular complexity index is 636. The van der Waals surface area contributed by atoms with E-state index in [1.165, 1.54) is 24.6 Å². The number of rotatable bonds is 5. The quantitative estimate of drug-likeness (QED) is 0.827. The monoisotopic (exact) mass is 392 g/mol. The molecule has 1 atom stereocenters. The van der Waals surface area contributed by atoms with Crippen molar-refractivity contribution in [1.82, 2.24) is 9.62 Å². The zero-order valence-electron chi connectivity index (χ0n) is 12.9. The number of nitrogens with zero attached hydrogens (tertiary/aromatic N) is 1. The molecule has 1 N–H and O–H groups in total. The molecule has 1 aliphatic heterocycles. The number of halogens is 1. The molecule has 6 nitrogen and oxygen atoms in total. The molecule has 124 valence electrons. The van der Waals surface area contributed by atoms with Crippen LogP contribution in [0.1, 0.15) is 12.8 Å². The highest BCUT2D eigenvalue weighted by Gasteiger charge is 2.32. The molecular weight excluding hydrogens is 372 g/mol. The van der Waals surface area contributed by atoms with Crippen molar-refractivity contribution in [3.05, 3.63) is 16.6 Å². The van der Waals surface area contributed by atoms with E-state index in [1.807, 2.05) is 7.05 Å². The standard InChI is InChI=1S/C14H21BrN2O4S/c1-16-10-5-4-6-17(9-10)22(18,19)14-8-13(21-3)12(20-2)7-11(14)15/h7-8,10,16H,4-6,9H2,1-3H3. The Balaban J connectivity index is 2.40. The summed E-state index contributed by atoms with van der Waals surface area (Å²) in [5.41, 5.74) is 0. The van der Waals surface area contributed by atoms with Crippen LogP contribution in [-0.2, 0) is 10.0 Å². The van der Waals surface area contributed by atoms with Gasteiger partial charge in [0.1, 0.15) is 4.90 Å². The van der Waals surface area contributed by atoms with E-state index in [-0.39, 0.29) is 10.9 Å². The predicted molar refractivity (Wildman–Crippen MR) is 88.1 cm³/mol. The first-order chi connectivity index (χ1) is 10.4. The van der Waals surface area contributed by atoms with Crippen molar-refractivity contribution in [1.29, 1.82) is 0 Å². The molecule has 0 aliphatic carbocycles. The second-order valence-electron chi connectivity index (χ2n) is 5.13. The van der Waals surface area contributed by atoms with Crippen molar-refractivity contribution in [2.75, 3.05) is 34.4 Å². The third-order valence-corrected chi connectivity index (χ3v) is 6.67. The van der Waals surface area contributed by atoms with Crippen molar-refractivity contribution < 1.29 is 17.9 Å². The van der Waals surface area contributed by atoms with Gasteiger partial charge in [0, 0.05) is 29.7 Å². The molecule has 8 heteroatoms. The summed E-state index contributed by atoms with van der Waals surface area (Å²) in [4.78, 5) is 0.196. The van der Waals surface area contributed by atoms with Crippen LogP contribution >= 0.6 is 15.9 Å². The molecule has 1 heterocycles. The molecule has 0 spiro atoms. The topological polar surface area (TPSA) is 67.9 Å². The Hall–Kier alpha value is -0.830. The van der Waals surface area contributed by atoms with Gasteiger partial charge in [-0.05, 0) is 41.9 Å². The molecular formula is C14H21BrN2O4S. The van der Waals surface area contributed by atoms with Crippen LogP contribution in [0.5, 0.6) is 11.5 Å². The minimum atomic E-state index is -3.58. The van der Waals surface area contributed by atoms with Crippen LogP contribution in [0, 0.1) is 0 Å². The summed E-state index contributed by atoms with van der Waals surface area (Å²) in [6.07, 6.45) is 1.82. The van der Waals surface area contributed by atoms with E-state index in [4.69, 9.17) is 9.47 Å². The number of benzene rings is 1. The van der Waals surface area contributed by atoms with E-state index in [0.29, 0.717) is 29.1 Å². The Morgan fingerprint density at radius 1 is 1.27 bits per heavy atom. The van der Waals surface area contributed by atoms with Gasteiger partial charge in [-0.2, -0.15) is 4.31 Å². The molecule has 22 heavy (non-hydrogen) atoms. The maximum atomic E-state index is 12.9. The normalized spacial score (nSPS) is 19.9. The Morgan fingerprint density at radius 3 is 2.50 bits per heavy atom. The van der Waals surface area contributed by atoms with Crippen LogP contribution < -0.4 is 14.8 Å². The number of methoxy groups -OCH3 is 2. The van der Waals surface area contributed by atoms with E-state index in [9.17, 15) is 8.42 Å². The molecule has 1 unspecified atom stereocenters. The summed E-state index contributed by atoms with van der Waals surface area (Å²) in [5.74, 6) is 0.881. The highest BCUT2D eigenvalue weighted by molar-refractivity contribution is 9.10. The maximum absolute atomic E-state index is 12.9. The third kappa shape index (κ3) is 3.40. The Morgan fingerprint density at radius 2 is 1.91 bits per heavy atom. The average molecular weight is 393 g/mol. The molecule has 1 aromatic rings. The number of likely N-dealkylation sites (N-methyl/N-ethyl adjacent to an activating group) is 1. The zero-order chi connectivity index (χ0) is 16.3. The van der Waals surface area contributed by atoms with E-state index >= 15 is 0 Å². The molecule has 1 aromatic carbocycles. The van der Waals surface area contributed by atoms with E-state index < -0.39 is 10.0 Å². The highest BCUT2D eigenvalue weighted by atomic mass is 79.9. The van der Waals surface area contributed by atoms with Crippen LogP contribution in [-0.4, -0.2) is 53.1 Å². The van der Waals surface area contributed by atoms with Crippen LogP contribution in [0.4, 0.5) is 0 Å². The van der Waals surface area contributed by atoms with Gasteiger partial charge < -0.3 is 14.8 Å². The zero-order valence-corrected chi connectivity index (χ0v) is 15.3. The van der Waals surface area contributed by atoms with Gasteiger partial charge >= 0.3 is 0 Å². The Kier molecular flexibility index (Phi) is 5.70. The van der Waals surface area contributed by atoms with E-state index in [2.05, 4.69) is 21.2 Å². The fourth-order valence-corrected chi connectivity index (χ4v) is 5.09. The molecule has 2 rings (SSSR count). The number of hydrogen-bond acceptors (Lipinski definition) is 5. The number of ether oxygens (including phenoxy) is 2. The van der Waals surface area contributed by atoms with Crippen LogP contribution in [0.15, 0.2) is 21.5 Å². The van der Waals surface area contributed by atoms with Crippen LogP contribution in [0.25, 0.3) is 0 Å². The molecule has 0 saturated carbocycles. The Labute approximate surface area is 140 Å². The maximum Gasteiger partial charge on any atom is 0.244 e. The highest BCUT2D eigenvalue weighted by Crippen LogP contribution is 2.37. The number of nitrogens with one attached hydrogen (secondary N) is 1. The van der Waals surface area contributed by atoms with Crippen LogP contribution in [0.2, 0.25) is 0 Å². The van der Waals surface area contributed by atoms with Crippen molar-refractivity contribution in [3.63, 3.8) is 0 Å². The van der Waals surface area contributed by atoms with Gasteiger partial charge in [0.2, 0.25) is 10.0 Å². The SMILES string of the molecule is CNC1CCCN(S(=O)(=O)c2cc(OC)c(OC)cc2Br)C1. The number of piperidine rings is 1. The summed E-state index contributed by atoms with van der Waals surface area (Å²) in [5, 5.41) is 3.15. The molecule has 0 aromatic heterocycles. The molecule has 0 bridgehead atoms. The molecule has 1 fully saturated rings. The van der Waals surface area contributed by atoms with Crippen molar-refractivity contribution in [3.8, 4) is 11.5 Å². The fraction of sp³-hybridized carbons (Fsp3) is 0.571. The first-order valence-electron chi connectivity index (χ1n) is 7.03. The van der Waals surface area contributed by atoms with Crippen molar-refractivity contribution in [2.24, 2.45) is 0 Å². The minimum absolute atomic E-state index is 0.183. The van der Waals surface area contributed by atoms with Gasteiger partial charge in [0.25, 0.3) is 0 Å². The largest absolute Gasteiger partial charge is 0.493 e. The minimum Gasteiger partial charge on any atom is -0.493 e. The van der Waals surface area contributed by atoms with Crippen molar-refractivity contribution >= 4 is 26.0 Å². The summed E-state index contributed by atoms with van der Waals surface area (Å²) in [7, 11) is 1.27. The van der Waals surface area contributed by atoms with Gasteiger partial charge in [-0.15, -0.1) is 0 Å². The summed E-state index contributed by atoms with van der Waals surface area (Å²) >= 11 is 3.33. The van der Waals surface area contributed by atoms with Gasteiger partial charge in [-0.1, -0.05) is 0 Å². The van der Waals surface area contributed by atoms with Gasteiger partial charge in [0.05, 0.1) is 14.2 Å². The van der Waals surface area contributed by atoms with Crippen LogP contribution in [0.3, 0.4) is 0 Å². The number of sulfonamides is 1. The lowest BCUT2D eigenvalue weighted by Gasteiger charge is -2.32. The average Bonchev–Trinajstić information content (AvgIpc) is 2.54. The molecule has 0 amide bonds. The van der Waals surface area contributed by atoms with Gasteiger partial charge in [-0.3, -0.25) is 0 Å². The van der Waals surface area contributed by atoms with E-state index in [1.54, 1.807) is 6.07 Å². The molecule has 1 saturated heterocycles. The first-order valence-corrected chi connectivity index (χ1v) is 9.26. The smallest absolute Gasteiger partial charge is 0.244 e. The van der Waals surface area contributed by atoms with Gasteiger partial charge in [0.15, 0.2) is 11.5 Å². The fourth-order valence-electron chi connectivity index (χ4n) is 2.57. The predicted octanol–water partition coefficient (Wildman–Crippen LogP) is 1.84. The molecule has 0 radical (unpaired) electrons. The number of hydrogen-bond donors (Lipinski definition) is 1. The lowest BCUT2D eigenvalue weighted by Crippen LogP contribution is -2.46. The lowest BCUT2D eigenvalue weighted by atomic mass is 10.1. The second kappa shape index (κ2) is 7.16. The first kappa shape index (κ1) is 17.5. The van der Waals surface area contributed by atoms with Crippen molar-refractivity contribution in [2.45, 2.75) is 23.8 Å². The summed E-state index contributed by atoms with van der Waals surface area (Å²) < 4.78 is 38.2. The molecule has 1 aliphatic rings. The third-order valence-electron chi connectivity index (χ3n) is 3.85. The lowest BCUT2D eigenvalue weighted by molar-refractivity contribution is 0.292. The van der Waals surface area contributed by atoms with E-state index in [0.717, 1.165) is 12.8 Å². The second-order valence-corrected chi connectivity index (χ2v) is 7.89. The summed E-state index contributed by atoms with van der Waals surface area (Å²) in [6, 6.07) is 3.30. The summed E-state index contributed by atoms with van der Waals surface area (Å²) in [6.45, 7) is 1.00. The van der Waals surface area contributed by atoms with Gasteiger partial charge in [-0.25, -0.2) is 8.42 Å².